The summed E-state index contributed by atoms with van der Waals surface area (Å²) >= 11 is 5.84. The van der Waals surface area contributed by atoms with Crippen LogP contribution >= 0.6 is 11.6 Å². The molecule has 0 aliphatic rings. The first-order valence-corrected chi connectivity index (χ1v) is 5.70. The topological polar surface area (TPSA) is 55.2 Å². The lowest BCUT2D eigenvalue weighted by Crippen LogP contribution is -2.30. The summed E-state index contributed by atoms with van der Waals surface area (Å²) in [6.45, 7) is 3.28. The molecule has 0 fully saturated rings. The fourth-order valence-electron chi connectivity index (χ4n) is 0.980. The molecule has 0 atom stereocenters. The summed E-state index contributed by atoms with van der Waals surface area (Å²) in [4.78, 5) is 0. The van der Waals surface area contributed by atoms with Crippen LogP contribution in [0.25, 0.3) is 0 Å². The molecule has 7 heteroatoms. The molecule has 1 aromatic heterocycles. The first-order valence-electron chi connectivity index (χ1n) is 3.93. The molecule has 14 heavy (non-hydrogen) atoms. The molecular formula is C7H12ClN3O2S. The van der Waals surface area contributed by atoms with Gasteiger partial charge in [0.2, 0.25) is 0 Å². The zero-order valence-electron chi connectivity index (χ0n) is 8.44. The Morgan fingerprint density at radius 3 is 2.14 bits per heavy atom. The van der Waals surface area contributed by atoms with Crippen molar-refractivity contribution in [1.29, 1.82) is 0 Å². The summed E-state index contributed by atoms with van der Waals surface area (Å²) in [5.74, 6) is 0. The maximum absolute atomic E-state index is 11.7. The van der Waals surface area contributed by atoms with Gasteiger partial charge in [-0.1, -0.05) is 11.6 Å². The number of aromatic nitrogens is 2. The fourth-order valence-corrected chi connectivity index (χ4v) is 2.12. The minimum Gasteiger partial charge on any atom is -0.189 e. The Hall–Kier alpha value is -0.590. The minimum absolute atomic E-state index is 0.385. The minimum atomic E-state index is -3.55. The van der Waals surface area contributed by atoms with Gasteiger partial charge in [-0.15, -0.1) is 4.09 Å². The Kier molecular flexibility index (Phi) is 2.89. The van der Waals surface area contributed by atoms with Crippen LogP contribution in [0.4, 0.5) is 0 Å². The Morgan fingerprint density at radius 1 is 1.36 bits per heavy atom. The number of hydrogen-bond donors (Lipinski definition) is 0. The van der Waals surface area contributed by atoms with Crippen molar-refractivity contribution in [1.82, 2.24) is 13.5 Å². The van der Waals surface area contributed by atoms with Crippen molar-refractivity contribution in [2.45, 2.75) is 13.8 Å². The predicted molar refractivity (Wildman–Crippen MR) is 54.7 cm³/mol. The normalized spacial score (nSPS) is 12.4. The number of hydrogen-bond acceptors (Lipinski definition) is 3. The summed E-state index contributed by atoms with van der Waals surface area (Å²) in [6.07, 6.45) is 0. The van der Waals surface area contributed by atoms with E-state index in [0.717, 1.165) is 8.39 Å². The fraction of sp³-hybridized carbons (Fsp3) is 0.571. The third kappa shape index (κ3) is 1.65. The number of aryl methyl sites for hydroxylation is 1. The highest BCUT2D eigenvalue weighted by atomic mass is 35.5. The highest BCUT2D eigenvalue weighted by Crippen LogP contribution is 2.20. The molecule has 0 N–H and O–H groups in total. The van der Waals surface area contributed by atoms with E-state index in [1.807, 2.05) is 0 Å². The van der Waals surface area contributed by atoms with Gasteiger partial charge in [0.1, 0.15) is 0 Å². The van der Waals surface area contributed by atoms with E-state index in [1.54, 1.807) is 13.8 Å². The SMILES string of the molecule is Cc1nn(S(=O)(=O)N(C)C)c(C)c1Cl. The second-order valence-electron chi connectivity index (χ2n) is 3.12. The van der Waals surface area contributed by atoms with Crippen molar-refractivity contribution in [3.8, 4) is 0 Å². The van der Waals surface area contributed by atoms with E-state index in [-0.39, 0.29) is 0 Å². The van der Waals surface area contributed by atoms with Gasteiger partial charge in [-0.3, -0.25) is 0 Å². The van der Waals surface area contributed by atoms with Crippen LogP contribution in [0.1, 0.15) is 11.4 Å². The Morgan fingerprint density at radius 2 is 1.86 bits per heavy atom. The van der Waals surface area contributed by atoms with Crippen LogP contribution in [-0.2, 0) is 10.2 Å². The van der Waals surface area contributed by atoms with E-state index in [1.165, 1.54) is 14.1 Å². The van der Waals surface area contributed by atoms with Crippen LogP contribution in [0.5, 0.6) is 0 Å². The highest BCUT2D eigenvalue weighted by molar-refractivity contribution is 7.87. The molecule has 0 amide bonds. The Bertz CT molecular complexity index is 450. The molecule has 0 spiro atoms. The van der Waals surface area contributed by atoms with E-state index in [4.69, 9.17) is 11.6 Å². The Balaban J connectivity index is 3.42. The van der Waals surface area contributed by atoms with Crippen molar-refractivity contribution in [3.05, 3.63) is 16.4 Å². The summed E-state index contributed by atoms with van der Waals surface area (Å²) in [5, 5.41) is 4.24. The molecule has 80 valence electrons. The largest absolute Gasteiger partial charge is 0.322 e. The summed E-state index contributed by atoms with van der Waals surface area (Å²) in [5.41, 5.74) is 0.937. The van der Waals surface area contributed by atoms with E-state index in [9.17, 15) is 8.42 Å². The van der Waals surface area contributed by atoms with Gasteiger partial charge in [0.15, 0.2) is 0 Å². The maximum atomic E-state index is 11.7. The second kappa shape index (κ2) is 3.52. The monoisotopic (exact) mass is 237 g/mol. The maximum Gasteiger partial charge on any atom is 0.322 e. The molecule has 0 radical (unpaired) electrons. The lowest BCUT2D eigenvalue weighted by molar-refractivity contribution is 0.502. The van der Waals surface area contributed by atoms with Gasteiger partial charge in [0.25, 0.3) is 0 Å². The van der Waals surface area contributed by atoms with Crippen LogP contribution in [0.2, 0.25) is 5.02 Å². The second-order valence-corrected chi connectivity index (χ2v) is 5.47. The molecule has 0 bridgehead atoms. The molecule has 0 saturated heterocycles. The quantitative estimate of drug-likeness (QED) is 0.765. The van der Waals surface area contributed by atoms with Gasteiger partial charge in [-0.05, 0) is 13.8 Å². The predicted octanol–water partition coefficient (Wildman–Crippen LogP) is 0.808. The molecular weight excluding hydrogens is 226 g/mol. The average molecular weight is 238 g/mol. The smallest absolute Gasteiger partial charge is 0.189 e. The van der Waals surface area contributed by atoms with Crippen molar-refractivity contribution in [3.63, 3.8) is 0 Å². The van der Waals surface area contributed by atoms with Gasteiger partial charge < -0.3 is 0 Å². The van der Waals surface area contributed by atoms with E-state index >= 15 is 0 Å². The van der Waals surface area contributed by atoms with Gasteiger partial charge in [-0.2, -0.15) is 17.8 Å². The number of halogens is 1. The van der Waals surface area contributed by atoms with Gasteiger partial charge in [0.05, 0.1) is 16.4 Å². The molecule has 0 saturated carbocycles. The van der Waals surface area contributed by atoms with E-state index < -0.39 is 10.2 Å². The van der Waals surface area contributed by atoms with Crippen LogP contribution in [0.3, 0.4) is 0 Å². The average Bonchev–Trinajstić information content (AvgIpc) is 2.33. The van der Waals surface area contributed by atoms with Crippen molar-refractivity contribution < 1.29 is 8.42 Å². The van der Waals surface area contributed by atoms with Crippen LogP contribution in [0.15, 0.2) is 0 Å². The van der Waals surface area contributed by atoms with Crippen molar-refractivity contribution in [2.75, 3.05) is 14.1 Å². The van der Waals surface area contributed by atoms with Crippen LogP contribution < -0.4 is 0 Å². The van der Waals surface area contributed by atoms with E-state index in [2.05, 4.69) is 5.10 Å². The molecule has 0 aliphatic heterocycles. The lowest BCUT2D eigenvalue weighted by atomic mass is 10.4. The highest BCUT2D eigenvalue weighted by Gasteiger charge is 2.22. The van der Waals surface area contributed by atoms with Gasteiger partial charge >= 0.3 is 10.2 Å². The van der Waals surface area contributed by atoms with Gasteiger partial charge in [0, 0.05) is 14.1 Å². The standard InChI is InChI=1S/C7H12ClN3O2S/c1-5-7(8)6(2)11(9-5)14(12,13)10(3)4/h1-4H3. The molecule has 0 unspecified atom stereocenters. The van der Waals surface area contributed by atoms with Crippen LogP contribution in [0, 0.1) is 13.8 Å². The molecule has 1 heterocycles. The number of nitrogens with zero attached hydrogens (tertiary/aromatic N) is 3. The Labute approximate surface area is 88.5 Å². The summed E-state index contributed by atoms with van der Waals surface area (Å²) < 4.78 is 25.4. The zero-order valence-corrected chi connectivity index (χ0v) is 10.0. The first-order chi connectivity index (χ1) is 6.28. The third-order valence-corrected chi connectivity index (χ3v) is 4.11. The molecule has 0 aliphatic carbocycles. The summed E-state index contributed by atoms with van der Waals surface area (Å²) in [6, 6.07) is 0. The summed E-state index contributed by atoms with van der Waals surface area (Å²) in [7, 11) is -0.667. The van der Waals surface area contributed by atoms with Crippen LogP contribution in [-0.4, -0.2) is 36.0 Å². The third-order valence-electron chi connectivity index (χ3n) is 1.84. The molecule has 1 rings (SSSR count). The van der Waals surface area contributed by atoms with Crippen molar-refractivity contribution >= 4 is 21.8 Å². The van der Waals surface area contributed by atoms with Crippen molar-refractivity contribution in [2.24, 2.45) is 0 Å². The first kappa shape index (κ1) is 11.5. The van der Waals surface area contributed by atoms with Gasteiger partial charge in [-0.25, -0.2) is 0 Å². The molecule has 0 aromatic carbocycles. The lowest BCUT2D eigenvalue weighted by Gasteiger charge is -2.11. The zero-order chi connectivity index (χ0) is 11.1. The number of rotatable bonds is 2. The van der Waals surface area contributed by atoms with E-state index in [0.29, 0.717) is 16.4 Å². The molecule has 5 nitrogen and oxygen atoms in total. The molecule has 1 aromatic rings.